The molecule has 4 heterocycles. The van der Waals surface area contributed by atoms with Crippen LogP contribution in [0.5, 0.6) is 0 Å². The van der Waals surface area contributed by atoms with Crippen molar-refractivity contribution in [2.45, 2.75) is 6.54 Å². The van der Waals surface area contributed by atoms with Crippen LogP contribution < -0.4 is 0 Å². The SMILES string of the molecule is O=C(/C=C/c1cnc2ccccc2n1)N1CCN(Cc2nc(-c3cccs3)no2)CC1. The summed E-state index contributed by atoms with van der Waals surface area (Å²) in [5.41, 5.74) is 2.32. The molecule has 0 aliphatic carbocycles. The Labute approximate surface area is 182 Å². The summed E-state index contributed by atoms with van der Waals surface area (Å²) >= 11 is 1.58. The summed E-state index contributed by atoms with van der Waals surface area (Å²) in [5.74, 6) is 1.20. The van der Waals surface area contributed by atoms with E-state index in [2.05, 4.69) is 25.0 Å². The molecular formula is C22H20N6O2S. The Kier molecular flexibility index (Phi) is 5.51. The van der Waals surface area contributed by atoms with Gasteiger partial charge >= 0.3 is 0 Å². The van der Waals surface area contributed by atoms with Gasteiger partial charge in [0, 0.05) is 32.3 Å². The van der Waals surface area contributed by atoms with Gasteiger partial charge in [0.1, 0.15) is 0 Å². The molecule has 0 radical (unpaired) electrons. The van der Waals surface area contributed by atoms with Crippen LogP contribution in [0.3, 0.4) is 0 Å². The smallest absolute Gasteiger partial charge is 0.246 e. The number of carbonyl (C=O) groups excluding carboxylic acids is 1. The number of piperazine rings is 1. The van der Waals surface area contributed by atoms with Crippen molar-refractivity contribution in [1.82, 2.24) is 29.9 Å². The van der Waals surface area contributed by atoms with E-state index in [0.717, 1.165) is 29.0 Å². The van der Waals surface area contributed by atoms with Crippen LogP contribution in [0.1, 0.15) is 11.6 Å². The number of benzene rings is 1. The Bertz CT molecular complexity index is 1210. The zero-order valence-electron chi connectivity index (χ0n) is 16.7. The maximum atomic E-state index is 12.6. The van der Waals surface area contributed by atoms with Gasteiger partial charge < -0.3 is 9.42 Å². The number of amides is 1. The van der Waals surface area contributed by atoms with Crippen LogP contribution in [0, 0.1) is 0 Å². The van der Waals surface area contributed by atoms with Crippen LogP contribution in [-0.4, -0.2) is 62.0 Å². The van der Waals surface area contributed by atoms with Gasteiger partial charge in [-0.2, -0.15) is 4.98 Å². The Balaban J connectivity index is 1.14. The molecule has 0 bridgehead atoms. The molecule has 0 N–H and O–H groups in total. The van der Waals surface area contributed by atoms with E-state index in [1.54, 1.807) is 29.7 Å². The zero-order valence-corrected chi connectivity index (χ0v) is 17.5. The lowest BCUT2D eigenvalue weighted by Crippen LogP contribution is -2.47. The zero-order chi connectivity index (χ0) is 21.0. The van der Waals surface area contributed by atoms with Crippen LogP contribution in [0.15, 0.2) is 58.6 Å². The van der Waals surface area contributed by atoms with Crippen LogP contribution in [-0.2, 0) is 11.3 Å². The second-order valence-corrected chi connectivity index (χ2v) is 8.16. The second kappa shape index (κ2) is 8.75. The fraction of sp³-hybridized carbons (Fsp3) is 0.227. The first-order chi connectivity index (χ1) is 15.2. The largest absolute Gasteiger partial charge is 0.338 e. The van der Waals surface area contributed by atoms with E-state index in [-0.39, 0.29) is 5.91 Å². The molecule has 0 saturated carbocycles. The number of nitrogens with zero attached hydrogens (tertiary/aromatic N) is 6. The van der Waals surface area contributed by atoms with Gasteiger partial charge in [0.25, 0.3) is 0 Å². The topological polar surface area (TPSA) is 88.3 Å². The second-order valence-electron chi connectivity index (χ2n) is 7.21. The predicted octanol–water partition coefficient (Wildman–Crippen LogP) is 3.10. The van der Waals surface area contributed by atoms with E-state index < -0.39 is 0 Å². The third kappa shape index (κ3) is 4.52. The molecular weight excluding hydrogens is 412 g/mol. The van der Waals surface area contributed by atoms with E-state index in [0.29, 0.717) is 37.0 Å². The molecule has 1 aliphatic rings. The maximum absolute atomic E-state index is 12.6. The highest BCUT2D eigenvalue weighted by Crippen LogP contribution is 2.21. The summed E-state index contributed by atoms with van der Waals surface area (Å²) in [5, 5.41) is 6.04. The molecule has 0 unspecified atom stereocenters. The van der Waals surface area contributed by atoms with Crippen molar-refractivity contribution in [3.05, 3.63) is 65.6 Å². The molecule has 1 fully saturated rings. The van der Waals surface area contributed by atoms with Gasteiger partial charge in [-0.05, 0) is 29.7 Å². The molecule has 1 aliphatic heterocycles. The van der Waals surface area contributed by atoms with E-state index in [4.69, 9.17) is 4.52 Å². The minimum absolute atomic E-state index is 0.0209. The van der Waals surface area contributed by atoms with Crippen molar-refractivity contribution in [2.75, 3.05) is 26.2 Å². The van der Waals surface area contributed by atoms with Crippen molar-refractivity contribution in [1.29, 1.82) is 0 Å². The number of fused-ring (bicyclic) bond motifs is 1. The minimum atomic E-state index is -0.0209. The Morgan fingerprint density at radius 2 is 1.90 bits per heavy atom. The highest BCUT2D eigenvalue weighted by atomic mass is 32.1. The number of hydrogen-bond acceptors (Lipinski definition) is 8. The van der Waals surface area contributed by atoms with E-state index >= 15 is 0 Å². The number of rotatable bonds is 5. The van der Waals surface area contributed by atoms with E-state index in [1.165, 1.54) is 0 Å². The lowest BCUT2D eigenvalue weighted by atomic mass is 10.2. The average Bonchev–Trinajstić information content (AvgIpc) is 3.50. The van der Waals surface area contributed by atoms with Crippen LogP contribution >= 0.6 is 11.3 Å². The number of hydrogen-bond donors (Lipinski definition) is 0. The first-order valence-electron chi connectivity index (χ1n) is 10.0. The van der Waals surface area contributed by atoms with Crippen molar-refractivity contribution < 1.29 is 9.32 Å². The van der Waals surface area contributed by atoms with Gasteiger partial charge in [0.15, 0.2) is 0 Å². The van der Waals surface area contributed by atoms with Gasteiger partial charge in [0.2, 0.25) is 17.6 Å². The summed E-state index contributed by atoms with van der Waals surface area (Å²) < 4.78 is 5.38. The first-order valence-corrected chi connectivity index (χ1v) is 10.9. The molecule has 1 amide bonds. The standard InChI is InChI=1S/C22H20N6O2S/c29-21(8-7-16-14-23-17-4-1-2-5-18(17)24-16)28-11-9-27(10-12-28)15-20-25-22(26-30-20)19-6-3-13-31-19/h1-8,13-14H,9-12,15H2/b8-7+. The number of para-hydroxylation sites is 2. The van der Waals surface area contributed by atoms with E-state index in [9.17, 15) is 4.79 Å². The maximum Gasteiger partial charge on any atom is 0.246 e. The number of carbonyl (C=O) groups is 1. The van der Waals surface area contributed by atoms with Crippen molar-refractivity contribution in [2.24, 2.45) is 0 Å². The number of thiophene rings is 1. The number of aromatic nitrogens is 4. The molecule has 0 atom stereocenters. The molecule has 0 spiro atoms. The molecule has 9 heteroatoms. The molecule has 3 aromatic heterocycles. The summed E-state index contributed by atoms with van der Waals surface area (Å²) in [7, 11) is 0. The van der Waals surface area contributed by atoms with Gasteiger partial charge in [0.05, 0.1) is 34.3 Å². The fourth-order valence-corrected chi connectivity index (χ4v) is 4.11. The quantitative estimate of drug-likeness (QED) is 0.448. The summed E-state index contributed by atoms with van der Waals surface area (Å²) in [4.78, 5) is 31.0. The monoisotopic (exact) mass is 432 g/mol. The molecule has 4 aromatic rings. The highest BCUT2D eigenvalue weighted by molar-refractivity contribution is 7.13. The highest BCUT2D eigenvalue weighted by Gasteiger charge is 2.21. The summed E-state index contributed by atoms with van der Waals surface area (Å²) in [6, 6.07) is 11.6. The van der Waals surface area contributed by atoms with Crippen molar-refractivity contribution in [3.63, 3.8) is 0 Å². The molecule has 1 saturated heterocycles. The average molecular weight is 433 g/mol. The lowest BCUT2D eigenvalue weighted by molar-refractivity contribution is -0.127. The van der Waals surface area contributed by atoms with Gasteiger partial charge in [-0.15, -0.1) is 11.3 Å². The third-order valence-electron chi connectivity index (χ3n) is 5.12. The lowest BCUT2D eigenvalue weighted by Gasteiger charge is -2.33. The van der Waals surface area contributed by atoms with Crippen molar-refractivity contribution >= 4 is 34.4 Å². The molecule has 31 heavy (non-hydrogen) atoms. The van der Waals surface area contributed by atoms with Crippen LogP contribution in [0.2, 0.25) is 0 Å². The van der Waals surface area contributed by atoms with Gasteiger partial charge in [-0.25, -0.2) is 4.98 Å². The summed E-state index contributed by atoms with van der Waals surface area (Å²) in [6.45, 7) is 3.40. The first kappa shape index (κ1) is 19.5. The van der Waals surface area contributed by atoms with Gasteiger partial charge in [-0.1, -0.05) is 23.4 Å². The predicted molar refractivity (Wildman–Crippen MR) is 118 cm³/mol. The molecule has 5 rings (SSSR count). The van der Waals surface area contributed by atoms with Gasteiger partial charge in [-0.3, -0.25) is 14.7 Å². The Hall–Kier alpha value is -3.43. The summed E-state index contributed by atoms with van der Waals surface area (Å²) in [6.07, 6.45) is 4.97. The Morgan fingerprint density at radius 1 is 1.06 bits per heavy atom. The molecule has 8 nitrogen and oxygen atoms in total. The Morgan fingerprint density at radius 3 is 2.71 bits per heavy atom. The molecule has 1 aromatic carbocycles. The normalized spacial score (nSPS) is 15.2. The van der Waals surface area contributed by atoms with Crippen LogP contribution in [0.25, 0.3) is 27.8 Å². The third-order valence-corrected chi connectivity index (χ3v) is 5.98. The molecule has 156 valence electrons. The van der Waals surface area contributed by atoms with Crippen LogP contribution in [0.4, 0.5) is 0 Å². The minimum Gasteiger partial charge on any atom is -0.338 e. The van der Waals surface area contributed by atoms with E-state index in [1.807, 2.05) is 46.7 Å². The fourth-order valence-electron chi connectivity index (χ4n) is 3.46. The van der Waals surface area contributed by atoms with Crippen molar-refractivity contribution in [3.8, 4) is 10.7 Å².